The lowest BCUT2D eigenvalue weighted by molar-refractivity contribution is -0.0994. The summed E-state index contributed by atoms with van der Waals surface area (Å²) in [5.41, 5.74) is 2.31. The molecule has 0 bridgehead atoms. The van der Waals surface area contributed by atoms with Gasteiger partial charge in [0.2, 0.25) is 0 Å². The third kappa shape index (κ3) is 4.94. The molecule has 1 aliphatic heterocycles. The van der Waals surface area contributed by atoms with E-state index in [0.717, 1.165) is 37.7 Å². The van der Waals surface area contributed by atoms with Crippen LogP contribution in [0.1, 0.15) is 105 Å². The van der Waals surface area contributed by atoms with Gasteiger partial charge in [0.05, 0.1) is 12.1 Å². The zero-order valence-electron chi connectivity index (χ0n) is 20.1. The Bertz CT molecular complexity index is 620. The molecule has 0 spiro atoms. The molecule has 2 nitrogen and oxygen atoms in total. The highest BCUT2D eigenvalue weighted by molar-refractivity contribution is 5.18. The van der Waals surface area contributed by atoms with Crippen LogP contribution in [-0.4, -0.2) is 18.7 Å². The minimum Gasteiger partial charge on any atom is -0.496 e. The van der Waals surface area contributed by atoms with E-state index < -0.39 is 0 Å². The second-order valence-corrected chi connectivity index (χ2v) is 12.2. The lowest BCUT2D eigenvalue weighted by Gasteiger charge is -2.62. The van der Waals surface area contributed by atoms with E-state index in [9.17, 15) is 0 Å². The van der Waals surface area contributed by atoms with Gasteiger partial charge in [-0.05, 0) is 87.4 Å². The first-order chi connectivity index (χ1) is 13.5. The average molecular weight is 402 g/mol. The first-order valence-corrected chi connectivity index (χ1v) is 12.2. The fourth-order valence-corrected chi connectivity index (χ4v) is 6.59. The molecule has 0 aromatic heterocycles. The molecule has 2 aliphatic carbocycles. The molecule has 3 aliphatic rings. The zero-order valence-corrected chi connectivity index (χ0v) is 20.1. The maximum atomic E-state index is 6.34. The molecule has 3 rings (SSSR count). The number of fused-ring (bicyclic) bond motifs is 1. The predicted octanol–water partition coefficient (Wildman–Crippen LogP) is 7.41. The molecule has 3 fully saturated rings. The highest BCUT2D eigenvalue weighted by Gasteiger charge is 2.57. The van der Waals surface area contributed by atoms with Crippen LogP contribution < -0.4 is 5.32 Å². The monoisotopic (exact) mass is 401 g/mol. The van der Waals surface area contributed by atoms with Crippen molar-refractivity contribution in [2.24, 2.45) is 22.2 Å². The quantitative estimate of drug-likeness (QED) is 0.354. The lowest BCUT2D eigenvalue weighted by atomic mass is 9.46. The Morgan fingerprint density at radius 2 is 1.66 bits per heavy atom. The molecule has 1 N–H and O–H groups in total. The summed E-state index contributed by atoms with van der Waals surface area (Å²) < 4.78 is 6.34. The topological polar surface area (TPSA) is 21.3 Å². The van der Waals surface area contributed by atoms with Gasteiger partial charge >= 0.3 is 0 Å². The number of piperidine rings is 1. The van der Waals surface area contributed by atoms with Gasteiger partial charge in [-0.2, -0.15) is 0 Å². The highest BCUT2D eigenvalue weighted by Crippen LogP contribution is 2.62. The molecule has 0 amide bonds. The van der Waals surface area contributed by atoms with Crippen molar-refractivity contribution in [2.75, 3.05) is 13.2 Å². The first-order valence-electron chi connectivity index (χ1n) is 12.2. The van der Waals surface area contributed by atoms with Crippen molar-refractivity contribution in [2.45, 2.75) is 111 Å². The minimum atomic E-state index is -0.116. The summed E-state index contributed by atoms with van der Waals surface area (Å²) in [6.07, 6.45) is 14.3. The molecular weight excluding hydrogens is 354 g/mol. The number of hydrogen-bond acceptors (Lipinski definition) is 2. The number of hydrogen-bond donors (Lipinski definition) is 1. The van der Waals surface area contributed by atoms with Gasteiger partial charge in [-0.25, -0.2) is 0 Å². The standard InChI is InChI=1S/C27H47NO/c1-21(2)13-14-24(4)15-16-25(5)20-28-27(7,19-26(25,6)18-24)22(3)29-17-23-11-9-8-10-12-23/h23,28H,1,3,8-20H2,2,4-7H3/t24-,25-,26+,27-/m0/s1. The van der Waals surface area contributed by atoms with Crippen LogP contribution in [0.4, 0.5) is 0 Å². The molecule has 0 aromatic rings. The van der Waals surface area contributed by atoms with Crippen LogP contribution >= 0.6 is 0 Å². The van der Waals surface area contributed by atoms with E-state index in [1.165, 1.54) is 63.4 Å². The first kappa shape index (κ1) is 22.9. The van der Waals surface area contributed by atoms with Crippen LogP contribution in [0.5, 0.6) is 0 Å². The SMILES string of the molecule is C=C(C)CC[C@@]1(C)CC[C@@]2(C)CN[C@](C)(C(=C)OCC3CCCCC3)C[C@@]2(C)C1. The van der Waals surface area contributed by atoms with Gasteiger partial charge < -0.3 is 10.1 Å². The minimum absolute atomic E-state index is 0.116. The van der Waals surface area contributed by atoms with Crippen LogP contribution in [-0.2, 0) is 4.74 Å². The van der Waals surface area contributed by atoms with Crippen molar-refractivity contribution in [1.82, 2.24) is 5.32 Å². The molecular formula is C27H47NO. The summed E-state index contributed by atoms with van der Waals surface area (Å²) in [4.78, 5) is 0. The van der Waals surface area contributed by atoms with E-state index >= 15 is 0 Å². The van der Waals surface area contributed by atoms with Gasteiger partial charge in [0.1, 0.15) is 5.76 Å². The number of nitrogens with one attached hydrogen (secondary N) is 1. The number of allylic oxidation sites excluding steroid dienone is 1. The Balaban J connectivity index is 1.67. The molecule has 2 heteroatoms. The number of rotatable bonds is 7. The largest absolute Gasteiger partial charge is 0.496 e. The third-order valence-electron chi connectivity index (χ3n) is 9.16. The summed E-state index contributed by atoms with van der Waals surface area (Å²) in [7, 11) is 0. The Hall–Kier alpha value is -0.760. The molecule has 0 aromatic carbocycles. The Morgan fingerprint density at radius 1 is 0.966 bits per heavy atom. The van der Waals surface area contributed by atoms with Crippen molar-refractivity contribution in [3.05, 3.63) is 24.5 Å². The van der Waals surface area contributed by atoms with Crippen LogP contribution in [0.2, 0.25) is 0 Å². The van der Waals surface area contributed by atoms with Gasteiger partial charge in [0.15, 0.2) is 0 Å². The maximum Gasteiger partial charge on any atom is 0.109 e. The van der Waals surface area contributed by atoms with E-state index in [4.69, 9.17) is 4.74 Å². The molecule has 29 heavy (non-hydrogen) atoms. The summed E-state index contributed by atoms with van der Waals surface area (Å²) in [6, 6.07) is 0. The molecule has 166 valence electrons. The smallest absolute Gasteiger partial charge is 0.109 e. The molecule has 0 radical (unpaired) electrons. The summed E-state index contributed by atoms with van der Waals surface area (Å²) in [5.74, 6) is 1.70. The van der Waals surface area contributed by atoms with Crippen LogP contribution in [0.25, 0.3) is 0 Å². The Labute approximate surface area is 180 Å². The van der Waals surface area contributed by atoms with Crippen molar-refractivity contribution >= 4 is 0 Å². The fourth-order valence-electron chi connectivity index (χ4n) is 6.59. The summed E-state index contributed by atoms with van der Waals surface area (Å²) >= 11 is 0. The highest BCUT2D eigenvalue weighted by atomic mass is 16.5. The second kappa shape index (κ2) is 8.40. The number of ether oxygens (including phenoxy) is 1. The van der Waals surface area contributed by atoms with Crippen molar-refractivity contribution < 1.29 is 4.74 Å². The Kier molecular flexibility index (Phi) is 6.64. The van der Waals surface area contributed by atoms with Gasteiger partial charge in [-0.1, -0.05) is 52.2 Å². The van der Waals surface area contributed by atoms with Crippen LogP contribution in [0.15, 0.2) is 24.5 Å². The molecule has 1 saturated heterocycles. The van der Waals surface area contributed by atoms with E-state index in [-0.39, 0.29) is 5.54 Å². The fraction of sp³-hybridized carbons (Fsp3) is 0.852. The predicted molar refractivity (Wildman–Crippen MR) is 125 cm³/mol. The molecule has 2 saturated carbocycles. The second-order valence-electron chi connectivity index (χ2n) is 12.2. The summed E-state index contributed by atoms with van der Waals surface area (Å²) in [6.45, 7) is 22.6. The zero-order chi connectivity index (χ0) is 21.3. The normalized spacial score (nSPS) is 40.9. The van der Waals surface area contributed by atoms with Crippen molar-refractivity contribution in [1.29, 1.82) is 0 Å². The van der Waals surface area contributed by atoms with E-state index in [2.05, 4.69) is 53.1 Å². The van der Waals surface area contributed by atoms with Crippen molar-refractivity contribution in [3.63, 3.8) is 0 Å². The van der Waals surface area contributed by atoms with Gasteiger partial charge in [-0.15, -0.1) is 6.58 Å². The maximum absolute atomic E-state index is 6.34. The van der Waals surface area contributed by atoms with Crippen LogP contribution in [0.3, 0.4) is 0 Å². The van der Waals surface area contributed by atoms with Gasteiger partial charge in [0, 0.05) is 6.54 Å². The van der Waals surface area contributed by atoms with Crippen molar-refractivity contribution in [3.8, 4) is 0 Å². The summed E-state index contributed by atoms with van der Waals surface area (Å²) in [5, 5.41) is 3.89. The van der Waals surface area contributed by atoms with E-state index in [0.29, 0.717) is 16.2 Å². The van der Waals surface area contributed by atoms with E-state index in [1.807, 2.05) is 0 Å². The average Bonchev–Trinajstić information content (AvgIpc) is 2.67. The van der Waals surface area contributed by atoms with Gasteiger partial charge in [0.25, 0.3) is 0 Å². The molecule has 1 heterocycles. The van der Waals surface area contributed by atoms with Gasteiger partial charge in [-0.3, -0.25) is 0 Å². The molecule has 0 unspecified atom stereocenters. The van der Waals surface area contributed by atoms with E-state index in [1.54, 1.807) is 0 Å². The molecule has 4 atom stereocenters. The Morgan fingerprint density at radius 3 is 2.31 bits per heavy atom. The van der Waals surface area contributed by atoms with Crippen LogP contribution in [0, 0.1) is 22.2 Å². The lowest BCUT2D eigenvalue weighted by Crippen LogP contribution is -2.64. The third-order valence-corrected chi connectivity index (χ3v) is 9.16.